The monoisotopic (exact) mass is 1140 g/mol. The van der Waals surface area contributed by atoms with Crippen molar-refractivity contribution in [2.45, 2.75) is 127 Å². The number of benzene rings is 6. The highest BCUT2D eigenvalue weighted by Crippen LogP contribution is 2.52. The highest BCUT2D eigenvalue weighted by molar-refractivity contribution is 7.86. The SMILES string of the molecule is CC[N+]1=C(/C=C/C=C/C=C2/N(CCCCCC(=O)NCC[C@H](C(=O)NO)N(Cc3ccc(-c4ccc(OC)cc4)cc3)OC(C)C)c3ccc4c(S(=O)(=O)O)cccc4c3C2(C)C)C(C)(C)c2c1ccc1c(C)cc(S(=O)(=O)O)cc21. The van der Waals surface area contributed by atoms with Gasteiger partial charge >= 0.3 is 0 Å². The zero-order valence-corrected chi connectivity index (χ0v) is 49.1. The van der Waals surface area contributed by atoms with E-state index < -0.39 is 43.0 Å². The molecule has 0 radical (unpaired) electrons. The minimum absolute atomic E-state index is 0.142. The number of unbranched alkanes of at least 4 members (excludes halogenated alkanes) is 2. The van der Waals surface area contributed by atoms with Crippen LogP contribution in [0, 0.1) is 6.92 Å². The van der Waals surface area contributed by atoms with Gasteiger partial charge in [-0.05, 0) is 153 Å². The van der Waals surface area contributed by atoms with Gasteiger partial charge in [0.05, 0.1) is 30.1 Å². The largest absolute Gasteiger partial charge is 0.497 e. The van der Waals surface area contributed by atoms with Gasteiger partial charge in [0, 0.05) is 59.4 Å². The Morgan fingerprint density at radius 1 is 0.778 bits per heavy atom. The Bertz CT molecular complexity index is 3720. The summed E-state index contributed by atoms with van der Waals surface area (Å²) in [5.41, 5.74) is 10.1. The van der Waals surface area contributed by atoms with Gasteiger partial charge in [-0.25, -0.2) is 5.48 Å². The number of aryl methyl sites for hydroxylation is 1. The number of amides is 2. The fourth-order valence-corrected chi connectivity index (χ4v) is 13.0. The summed E-state index contributed by atoms with van der Waals surface area (Å²) in [6.45, 7) is 17.7. The summed E-state index contributed by atoms with van der Waals surface area (Å²) < 4.78 is 77.6. The van der Waals surface area contributed by atoms with Crippen LogP contribution >= 0.6 is 0 Å². The van der Waals surface area contributed by atoms with Gasteiger partial charge in [0.25, 0.3) is 26.1 Å². The van der Waals surface area contributed by atoms with E-state index in [1.807, 2.05) is 106 Å². The number of nitrogens with zero attached hydrogens (tertiary/aromatic N) is 3. The average Bonchev–Trinajstić information content (AvgIpc) is 3.92. The number of rotatable bonds is 23. The minimum atomic E-state index is -4.52. The first kappa shape index (κ1) is 60.1. The summed E-state index contributed by atoms with van der Waals surface area (Å²) >= 11 is 0. The molecule has 2 aliphatic rings. The van der Waals surface area contributed by atoms with Crippen LogP contribution in [0.15, 0.2) is 149 Å². The molecule has 6 aromatic carbocycles. The number of hydroxylamine groups is 3. The lowest BCUT2D eigenvalue weighted by Crippen LogP contribution is -2.48. The fraction of sp³-hybridized carbons (Fsp3) is 0.349. The van der Waals surface area contributed by atoms with Crippen molar-refractivity contribution in [2.24, 2.45) is 0 Å². The molecule has 0 spiro atoms. The lowest BCUT2D eigenvalue weighted by Gasteiger charge is -2.31. The quantitative estimate of drug-likeness (QED) is 0.0101. The molecule has 428 valence electrons. The molecule has 0 saturated carbocycles. The lowest BCUT2D eigenvalue weighted by atomic mass is 9.78. The van der Waals surface area contributed by atoms with E-state index in [1.165, 1.54) is 12.1 Å². The number of hydrogen-bond donors (Lipinski definition) is 5. The van der Waals surface area contributed by atoms with Crippen LogP contribution in [0.25, 0.3) is 32.7 Å². The van der Waals surface area contributed by atoms with Crippen LogP contribution in [-0.2, 0) is 52.0 Å². The molecule has 0 unspecified atom stereocenters. The average molecular weight is 1140 g/mol. The summed E-state index contributed by atoms with van der Waals surface area (Å²) in [7, 11) is -7.34. The smallest absolute Gasteiger partial charge is 0.295 e. The van der Waals surface area contributed by atoms with Crippen molar-refractivity contribution < 1.29 is 54.9 Å². The number of nitrogens with one attached hydrogen (secondary N) is 2. The van der Waals surface area contributed by atoms with Crippen molar-refractivity contribution in [1.29, 1.82) is 0 Å². The van der Waals surface area contributed by atoms with Gasteiger partial charge in [-0.3, -0.25) is 28.7 Å². The molecule has 1 atom stereocenters. The zero-order valence-electron chi connectivity index (χ0n) is 47.5. The molecule has 18 heteroatoms. The van der Waals surface area contributed by atoms with Gasteiger partial charge in [-0.1, -0.05) is 93.1 Å². The number of carbonyl (C=O) groups is 2. The molecular formula is C63H74N5O11S2+. The Morgan fingerprint density at radius 3 is 2.11 bits per heavy atom. The molecule has 81 heavy (non-hydrogen) atoms. The van der Waals surface area contributed by atoms with Crippen molar-refractivity contribution >= 4 is 70.7 Å². The van der Waals surface area contributed by atoms with Crippen molar-refractivity contribution in [1.82, 2.24) is 15.9 Å². The Hall–Kier alpha value is -7.03. The van der Waals surface area contributed by atoms with Crippen molar-refractivity contribution in [3.8, 4) is 16.9 Å². The van der Waals surface area contributed by atoms with Crippen LogP contribution in [0.3, 0.4) is 0 Å². The molecule has 0 saturated heterocycles. The molecule has 2 heterocycles. The maximum atomic E-state index is 13.3. The molecule has 8 rings (SSSR count). The third kappa shape index (κ3) is 12.9. The molecule has 2 aliphatic heterocycles. The van der Waals surface area contributed by atoms with Crippen molar-refractivity contribution in [3.05, 3.63) is 161 Å². The van der Waals surface area contributed by atoms with E-state index in [0.29, 0.717) is 36.7 Å². The van der Waals surface area contributed by atoms with Crippen LogP contribution in [0.4, 0.5) is 11.4 Å². The topological polar surface area (TPSA) is 215 Å². The van der Waals surface area contributed by atoms with E-state index in [1.54, 1.807) is 35.9 Å². The van der Waals surface area contributed by atoms with Gasteiger partial charge in [0.2, 0.25) is 11.6 Å². The number of allylic oxidation sites excluding steroid dienone is 6. The number of anilines is 1. The summed E-state index contributed by atoms with van der Waals surface area (Å²) in [5.74, 6) is -0.0646. The second kappa shape index (κ2) is 24.6. The molecule has 0 bridgehead atoms. The van der Waals surface area contributed by atoms with E-state index in [2.05, 4.69) is 67.6 Å². The standard InChI is InChI=1S/C63H73N5O11S2/c1-10-66-52-33-31-48-42(4)38-47(80(72,73)74)39-51(48)60(52)62(5,6)56(66)20-13-11-14-21-57-63(7,8)59-50-18-17-19-55(81(75,76)77)49(50)32-34-53(59)67(57)37-16-12-15-22-58(69)64-36-35-54(61(70)65-71)68(79-41(2)3)40-43-23-25-44(26-24-43)45-27-29-46(78-9)30-28-45/h11,13-14,17-21,23-34,38-39,41,54H,10,12,15-16,22,35-37,40H2,1-9H3,(H4-,64,65,69,70,71,72,73,74,75,76,77)/p+1/t54-/m1/s1. The predicted octanol–water partition coefficient (Wildman–Crippen LogP) is 11.4. The van der Waals surface area contributed by atoms with Crippen LogP contribution in [0.1, 0.15) is 103 Å². The first-order valence-corrected chi connectivity index (χ1v) is 30.2. The first-order valence-electron chi connectivity index (χ1n) is 27.3. The Labute approximate surface area is 475 Å². The summed E-state index contributed by atoms with van der Waals surface area (Å²) in [6.07, 6.45) is 12.2. The number of ether oxygens (including phenoxy) is 1. The Balaban J connectivity index is 0.949. The van der Waals surface area contributed by atoms with Crippen molar-refractivity contribution in [3.63, 3.8) is 0 Å². The van der Waals surface area contributed by atoms with E-state index in [9.17, 15) is 40.7 Å². The molecule has 2 amide bonds. The van der Waals surface area contributed by atoms with Crippen LogP contribution in [-0.4, -0.2) is 97.2 Å². The highest BCUT2D eigenvalue weighted by atomic mass is 32.2. The Morgan fingerprint density at radius 2 is 1.47 bits per heavy atom. The summed E-state index contributed by atoms with van der Waals surface area (Å²) in [6, 6.07) is 30.5. The van der Waals surface area contributed by atoms with Gasteiger partial charge in [-0.15, -0.1) is 0 Å². The van der Waals surface area contributed by atoms with E-state index in [0.717, 1.165) is 79.1 Å². The molecule has 16 nitrogen and oxygen atoms in total. The molecule has 0 aromatic heterocycles. The fourth-order valence-electron chi connectivity index (χ4n) is 11.7. The second-order valence-corrected chi connectivity index (χ2v) is 24.8. The zero-order chi connectivity index (χ0) is 58.6. The van der Waals surface area contributed by atoms with Gasteiger partial charge in [0.1, 0.15) is 23.2 Å². The predicted molar refractivity (Wildman–Crippen MR) is 317 cm³/mol. The van der Waals surface area contributed by atoms with E-state index in [4.69, 9.17) is 9.57 Å². The maximum Gasteiger partial charge on any atom is 0.295 e. The van der Waals surface area contributed by atoms with Gasteiger partial charge in [0.15, 0.2) is 5.71 Å². The number of fused-ring (bicyclic) bond motifs is 6. The number of carbonyl (C=O) groups excluding carboxylic acids is 2. The molecule has 0 fully saturated rings. The highest BCUT2D eigenvalue weighted by Gasteiger charge is 2.46. The van der Waals surface area contributed by atoms with Gasteiger partial charge in [-0.2, -0.15) is 26.5 Å². The van der Waals surface area contributed by atoms with Gasteiger partial charge < -0.3 is 15.0 Å². The van der Waals surface area contributed by atoms with Crippen LogP contribution in [0.2, 0.25) is 0 Å². The van der Waals surface area contributed by atoms with E-state index in [-0.39, 0.29) is 47.7 Å². The first-order chi connectivity index (χ1) is 38.4. The lowest BCUT2D eigenvalue weighted by molar-refractivity contribution is -0.433. The third-order valence-electron chi connectivity index (χ3n) is 15.5. The maximum absolute atomic E-state index is 13.3. The summed E-state index contributed by atoms with van der Waals surface area (Å²) in [4.78, 5) is 34.5. The van der Waals surface area contributed by atoms with Crippen molar-refractivity contribution in [2.75, 3.05) is 31.6 Å². The number of hydrogen-bond acceptors (Lipinski definition) is 11. The second-order valence-electron chi connectivity index (χ2n) is 22.0. The third-order valence-corrected chi connectivity index (χ3v) is 17.2. The normalized spacial score (nSPS) is 15.9. The molecule has 6 aromatic rings. The number of methoxy groups -OCH3 is 1. The van der Waals surface area contributed by atoms with Crippen LogP contribution < -0.4 is 20.4 Å². The summed E-state index contributed by atoms with van der Waals surface area (Å²) in [5, 5.41) is 17.1. The Kier molecular flexibility index (Phi) is 18.2. The molecule has 5 N–H and O–H groups in total. The minimum Gasteiger partial charge on any atom is -0.497 e. The molecule has 0 aliphatic carbocycles. The van der Waals surface area contributed by atoms with Crippen LogP contribution in [0.5, 0.6) is 5.75 Å². The molecular weight excluding hydrogens is 1070 g/mol. The van der Waals surface area contributed by atoms with E-state index >= 15 is 0 Å².